The van der Waals surface area contributed by atoms with Gasteiger partial charge in [-0.05, 0) is 45.6 Å². The Balaban J connectivity index is 2.18. The van der Waals surface area contributed by atoms with Crippen molar-refractivity contribution < 1.29 is 4.74 Å². The Labute approximate surface area is 99.2 Å². The van der Waals surface area contributed by atoms with E-state index in [2.05, 4.69) is 18.3 Å². The number of rotatable bonds is 5. The highest BCUT2D eigenvalue weighted by Gasteiger charge is 2.23. The zero-order valence-electron chi connectivity index (χ0n) is 10.8. The summed E-state index contributed by atoms with van der Waals surface area (Å²) in [6.45, 7) is 4.91. The SMILES string of the molecule is CNC(C)(C#N)CCOC1CCC(C)CC1. The molecule has 1 unspecified atom stereocenters. The van der Waals surface area contributed by atoms with Gasteiger partial charge in [-0.2, -0.15) is 5.26 Å². The number of hydrogen-bond donors (Lipinski definition) is 1. The van der Waals surface area contributed by atoms with E-state index in [1.54, 1.807) is 0 Å². The summed E-state index contributed by atoms with van der Waals surface area (Å²) in [5.74, 6) is 0.863. The van der Waals surface area contributed by atoms with E-state index in [0.29, 0.717) is 12.7 Å². The highest BCUT2D eigenvalue weighted by atomic mass is 16.5. The van der Waals surface area contributed by atoms with Crippen LogP contribution in [-0.2, 0) is 4.74 Å². The first-order valence-corrected chi connectivity index (χ1v) is 6.31. The van der Waals surface area contributed by atoms with Crippen molar-refractivity contribution in [2.45, 2.75) is 57.6 Å². The molecule has 3 heteroatoms. The minimum absolute atomic E-state index is 0.427. The van der Waals surface area contributed by atoms with Crippen molar-refractivity contribution in [3.05, 3.63) is 0 Å². The summed E-state index contributed by atoms with van der Waals surface area (Å²) >= 11 is 0. The Hall–Kier alpha value is -0.590. The second-order valence-corrected chi connectivity index (χ2v) is 5.20. The Bertz CT molecular complexity index is 241. The van der Waals surface area contributed by atoms with Crippen molar-refractivity contribution >= 4 is 0 Å². The van der Waals surface area contributed by atoms with Gasteiger partial charge in [0.15, 0.2) is 0 Å². The minimum Gasteiger partial charge on any atom is -0.378 e. The lowest BCUT2D eigenvalue weighted by Gasteiger charge is -2.28. The molecule has 0 heterocycles. The molecule has 1 aliphatic carbocycles. The zero-order chi connectivity index (χ0) is 12.0. The average molecular weight is 224 g/mol. The van der Waals surface area contributed by atoms with Crippen LogP contribution in [0.5, 0.6) is 0 Å². The van der Waals surface area contributed by atoms with E-state index in [1.807, 2.05) is 14.0 Å². The van der Waals surface area contributed by atoms with Crippen LogP contribution in [0.1, 0.15) is 46.0 Å². The molecule has 3 nitrogen and oxygen atoms in total. The third-order valence-electron chi connectivity index (χ3n) is 3.72. The highest BCUT2D eigenvalue weighted by Crippen LogP contribution is 2.25. The predicted molar refractivity (Wildman–Crippen MR) is 65.1 cm³/mol. The molecule has 0 aromatic heterocycles. The van der Waals surface area contributed by atoms with E-state index in [0.717, 1.165) is 12.3 Å². The van der Waals surface area contributed by atoms with E-state index in [4.69, 9.17) is 10.00 Å². The minimum atomic E-state index is -0.443. The molecular formula is C13H24N2O. The Morgan fingerprint density at radius 3 is 2.50 bits per heavy atom. The van der Waals surface area contributed by atoms with E-state index in [9.17, 15) is 0 Å². The molecule has 0 aliphatic heterocycles. The molecular weight excluding hydrogens is 200 g/mol. The van der Waals surface area contributed by atoms with Crippen LogP contribution in [-0.4, -0.2) is 25.3 Å². The molecule has 1 fully saturated rings. The second-order valence-electron chi connectivity index (χ2n) is 5.20. The van der Waals surface area contributed by atoms with Crippen LogP contribution >= 0.6 is 0 Å². The Morgan fingerprint density at radius 1 is 1.38 bits per heavy atom. The Morgan fingerprint density at radius 2 is 2.00 bits per heavy atom. The van der Waals surface area contributed by atoms with E-state index < -0.39 is 5.54 Å². The third kappa shape index (κ3) is 4.11. The van der Waals surface area contributed by atoms with Crippen LogP contribution in [0.4, 0.5) is 0 Å². The van der Waals surface area contributed by atoms with Crippen molar-refractivity contribution in [1.82, 2.24) is 5.32 Å². The number of nitriles is 1. The van der Waals surface area contributed by atoms with Gasteiger partial charge in [-0.15, -0.1) is 0 Å². The van der Waals surface area contributed by atoms with Crippen molar-refractivity contribution in [2.75, 3.05) is 13.7 Å². The first kappa shape index (κ1) is 13.5. The highest BCUT2D eigenvalue weighted by molar-refractivity contribution is 5.02. The van der Waals surface area contributed by atoms with Gasteiger partial charge in [-0.3, -0.25) is 0 Å². The topological polar surface area (TPSA) is 45.0 Å². The summed E-state index contributed by atoms with van der Waals surface area (Å²) in [7, 11) is 1.82. The summed E-state index contributed by atoms with van der Waals surface area (Å²) in [6.07, 6.45) is 6.12. The van der Waals surface area contributed by atoms with Gasteiger partial charge in [0, 0.05) is 13.0 Å². The monoisotopic (exact) mass is 224 g/mol. The van der Waals surface area contributed by atoms with Gasteiger partial charge >= 0.3 is 0 Å². The first-order chi connectivity index (χ1) is 7.59. The number of nitrogens with zero attached hydrogens (tertiary/aromatic N) is 1. The average Bonchev–Trinajstić information content (AvgIpc) is 2.31. The summed E-state index contributed by atoms with van der Waals surface area (Å²) < 4.78 is 5.84. The zero-order valence-corrected chi connectivity index (χ0v) is 10.8. The van der Waals surface area contributed by atoms with Gasteiger partial charge in [-0.25, -0.2) is 0 Å². The molecule has 1 N–H and O–H groups in total. The van der Waals surface area contributed by atoms with Crippen molar-refractivity contribution in [3.63, 3.8) is 0 Å². The maximum absolute atomic E-state index is 8.99. The lowest BCUT2D eigenvalue weighted by Crippen LogP contribution is -2.39. The molecule has 1 rings (SSSR count). The maximum Gasteiger partial charge on any atom is 0.105 e. The summed E-state index contributed by atoms with van der Waals surface area (Å²) in [6, 6.07) is 2.28. The molecule has 0 aromatic carbocycles. The number of hydrogen-bond acceptors (Lipinski definition) is 3. The Kier molecular flexibility index (Phi) is 5.24. The first-order valence-electron chi connectivity index (χ1n) is 6.31. The fourth-order valence-corrected chi connectivity index (χ4v) is 2.06. The quantitative estimate of drug-likeness (QED) is 0.780. The van der Waals surface area contributed by atoms with Crippen LogP contribution in [0.3, 0.4) is 0 Å². The number of nitrogens with one attached hydrogen (secondary N) is 1. The standard InChI is InChI=1S/C13H24N2O/c1-11-4-6-12(7-5-11)16-9-8-13(2,10-14)15-3/h11-12,15H,4-9H2,1-3H3. The maximum atomic E-state index is 8.99. The molecule has 92 valence electrons. The molecule has 0 saturated heterocycles. The van der Waals surface area contributed by atoms with Gasteiger partial charge in [0.05, 0.1) is 12.2 Å². The summed E-state index contributed by atoms with van der Waals surface area (Å²) in [5.41, 5.74) is -0.443. The van der Waals surface area contributed by atoms with Crippen LogP contribution < -0.4 is 5.32 Å². The molecule has 0 radical (unpaired) electrons. The summed E-state index contributed by atoms with van der Waals surface area (Å²) in [4.78, 5) is 0. The van der Waals surface area contributed by atoms with Gasteiger partial charge in [0.2, 0.25) is 0 Å². The normalized spacial score (nSPS) is 29.4. The van der Waals surface area contributed by atoms with Gasteiger partial charge in [0.25, 0.3) is 0 Å². The van der Waals surface area contributed by atoms with Crippen LogP contribution in [0, 0.1) is 17.2 Å². The largest absolute Gasteiger partial charge is 0.378 e. The van der Waals surface area contributed by atoms with E-state index >= 15 is 0 Å². The molecule has 1 atom stereocenters. The third-order valence-corrected chi connectivity index (χ3v) is 3.72. The van der Waals surface area contributed by atoms with Crippen LogP contribution in [0.25, 0.3) is 0 Å². The molecule has 16 heavy (non-hydrogen) atoms. The van der Waals surface area contributed by atoms with Crippen molar-refractivity contribution in [2.24, 2.45) is 5.92 Å². The molecule has 0 amide bonds. The van der Waals surface area contributed by atoms with Crippen molar-refractivity contribution in [3.8, 4) is 6.07 Å². The fourth-order valence-electron chi connectivity index (χ4n) is 2.06. The van der Waals surface area contributed by atoms with Gasteiger partial charge in [0.1, 0.15) is 5.54 Å². The lowest BCUT2D eigenvalue weighted by atomic mass is 9.89. The van der Waals surface area contributed by atoms with E-state index in [1.165, 1.54) is 25.7 Å². The molecule has 0 aromatic rings. The molecule has 0 bridgehead atoms. The second kappa shape index (κ2) is 6.22. The number of ether oxygens (including phenoxy) is 1. The molecule has 0 spiro atoms. The summed E-state index contributed by atoms with van der Waals surface area (Å²) in [5, 5.41) is 12.0. The van der Waals surface area contributed by atoms with Crippen LogP contribution in [0.2, 0.25) is 0 Å². The van der Waals surface area contributed by atoms with E-state index in [-0.39, 0.29) is 0 Å². The molecule has 1 aliphatic rings. The van der Waals surface area contributed by atoms with Crippen molar-refractivity contribution in [1.29, 1.82) is 5.26 Å². The smallest absolute Gasteiger partial charge is 0.105 e. The lowest BCUT2D eigenvalue weighted by molar-refractivity contribution is 0.0132. The fraction of sp³-hybridized carbons (Fsp3) is 0.923. The predicted octanol–water partition coefficient (Wildman–Crippen LogP) is 2.47. The van der Waals surface area contributed by atoms with Gasteiger partial charge < -0.3 is 10.1 Å². The van der Waals surface area contributed by atoms with Crippen LogP contribution in [0.15, 0.2) is 0 Å². The van der Waals surface area contributed by atoms with Gasteiger partial charge in [-0.1, -0.05) is 6.92 Å². The molecule has 1 saturated carbocycles.